The zero-order chi connectivity index (χ0) is 95.5. The number of ketones is 4. The predicted octanol–water partition coefficient (Wildman–Crippen LogP) is 20.6. The third kappa shape index (κ3) is 22.1. The van der Waals surface area contributed by atoms with E-state index in [0.717, 1.165) is 50.4 Å². The lowest BCUT2D eigenvalue weighted by Crippen LogP contribution is -2.55. The second-order valence-electron chi connectivity index (χ2n) is 36.4. The number of hydrogen-bond acceptors (Lipinski definition) is 31. The molecule has 0 unspecified atom stereocenters. The summed E-state index contributed by atoms with van der Waals surface area (Å²) >= 11 is 0. The zero-order valence-electron chi connectivity index (χ0n) is 75.8. The third-order valence-electron chi connectivity index (χ3n) is 25.5. The average Bonchev–Trinajstić information content (AvgIpc) is 0.749. The maximum atomic E-state index is 13.2. The van der Waals surface area contributed by atoms with Crippen LogP contribution in [0.5, 0.6) is 17.2 Å². The number of phosphoric acid groups is 6. The van der Waals surface area contributed by atoms with Gasteiger partial charge in [-0.3, -0.25) is 101 Å². The van der Waals surface area contributed by atoms with E-state index in [1.54, 1.807) is 37.4 Å². The molecule has 716 valence electrons. The van der Waals surface area contributed by atoms with Gasteiger partial charge in [-0.2, -0.15) is 0 Å². The highest BCUT2D eigenvalue weighted by atomic mass is 31.2. The van der Waals surface area contributed by atoms with E-state index in [1.807, 2.05) is 183 Å². The molecule has 0 amide bonds. The number of phosphoric ester groups is 6. The second kappa shape index (κ2) is 39.9. The Kier molecular flexibility index (Phi) is 28.9. The monoisotopic (exact) mass is 1970 g/mol. The minimum Gasteiger partial charge on any atom is -0.497 e. The number of Topliss-reactive ketones (excluding diaryl/α,β-unsaturated/α-hetero) is 4. The topological polar surface area (TPSA) is 365 Å². The van der Waals surface area contributed by atoms with Gasteiger partial charge in [0.15, 0.2) is 22.8 Å². The molecule has 0 saturated carbocycles. The molecule has 0 atom stereocenters. The van der Waals surface area contributed by atoms with Crippen molar-refractivity contribution in [2.24, 2.45) is 21.7 Å². The molecule has 31 nitrogen and oxygen atoms in total. The summed E-state index contributed by atoms with van der Waals surface area (Å²) < 4.78 is 180. The van der Waals surface area contributed by atoms with E-state index < -0.39 is 79.8 Å². The molecule has 12 bridgehead atoms. The van der Waals surface area contributed by atoms with Crippen molar-refractivity contribution in [2.45, 2.75) is 76.4 Å². The van der Waals surface area contributed by atoms with Gasteiger partial charge >= 0.3 is 46.9 Å². The Hall–Kier alpha value is -9.06. The Bertz CT molecular complexity index is 6170. The van der Waals surface area contributed by atoms with Crippen LogP contribution in [0.1, 0.15) is 92.9 Å². The van der Waals surface area contributed by atoms with Gasteiger partial charge in [-0.25, -0.2) is 27.4 Å². The summed E-state index contributed by atoms with van der Waals surface area (Å²) in [5.74, 6) is 1.92. The van der Waals surface area contributed by atoms with E-state index in [4.69, 9.17) is 95.6 Å². The molecule has 18 aliphatic rings. The first-order valence-electron chi connectivity index (χ1n) is 44.1. The Morgan fingerprint density at radius 1 is 0.272 bits per heavy atom. The van der Waals surface area contributed by atoms with Crippen LogP contribution in [0.3, 0.4) is 0 Å². The summed E-state index contributed by atoms with van der Waals surface area (Å²) in [6.07, 6.45) is 0.561. The van der Waals surface area contributed by atoms with Crippen molar-refractivity contribution in [3.63, 3.8) is 0 Å². The number of ether oxygens (including phenoxy) is 3. The molecule has 37 heteroatoms. The van der Waals surface area contributed by atoms with E-state index in [-0.39, 0.29) is 159 Å². The molecule has 0 aliphatic carbocycles. The third-order valence-corrected chi connectivity index (χ3v) is 33.6. The van der Waals surface area contributed by atoms with Crippen molar-refractivity contribution in [1.82, 2.24) is 0 Å². The van der Waals surface area contributed by atoms with Gasteiger partial charge in [0.05, 0.1) is 86.4 Å². The van der Waals surface area contributed by atoms with E-state index in [0.29, 0.717) is 23.3 Å². The fraction of sp³-hybridized carbons (Fsp3) is 0.354. The summed E-state index contributed by atoms with van der Waals surface area (Å²) in [6, 6.07) is 84.8. The molecule has 18 aliphatic heterocycles. The SMILES string of the molecule is CC(C)(c1ccccc1)c1cccc(C(=O)C23COP(=O)(OC2)OC3)c1.CC(C)(c1ccccc1)c1cccc(OC23COP(=O)(OC2)OC3)c1.COc1ccc(CC(=O)C23COP(=O)(OC2)OC3)cc1.Cc1cccc(-c2ccc(C(=O)C34COP(=O)(OC3)OC4)cc2)c1.Cc1cccc(-c2ccc(OC34COP(=O)(OC3)OC4)cc2)c1.O=C(Cc1ccccc1)C12COP(=O)(OC1)OC2. The van der Waals surface area contributed by atoms with Crippen molar-refractivity contribution in [3.05, 3.63) is 316 Å². The molecule has 0 radical (unpaired) electrons. The fourth-order valence-electron chi connectivity index (χ4n) is 16.5. The minimum atomic E-state index is -3.43. The minimum absolute atomic E-state index is 0.000324. The number of carbonyl (C=O) groups excluding carboxylic acids is 4. The van der Waals surface area contributed by atoms with Crippen LogP contribution in [0.4, 0.5) is 0 Å². The quantitative estimate of drug-likeness (QED) is 0.0476. The summed E-state index contributed by atoms with van der Waals surface area (Å²) in [6.45, 7) is 15.1. The van der Waals surface area contributed by atoms with E-state index >= 15 is 0 Å². The van der Waals surface area contributed by atoms with Crippen molar-refractivity contribution in [3.8, 4) is 39.5 Å². The largest absolute Gasteiger partial charge is 0.497 e. The number of hydrogen-bond donors (Lipinski definition) is 0. The van der Waals surface area contributed by atoms with E-state index in [9.17, 15) is 46.6 Å². The van der Waals surface area contributed by atoms with E-state index in [2.05, 4.69) is 89.2 Å². The molecule has 18 saturated heterocycles. The lowest BCUT2D eigenvalue weighted by atomic mass is 9.76. The molecule has 18 heterocycles. The summed E-state index contributed by atoms with van der Waals surface area (Å²) in [5.41, 5.74) is 9.09. The number of aryl methyl sites for hydroxylation is 2. The highest BCUT2D eigenvalue weighted by Gasteiger charge is 2.60. The van der Waals surface area contributed by atoms with E-state index in [1.165, 1.54) is 27.8 Å². The lowest BCUT2D eigenvalue weighted by Gasteiger charge is -2.43. The van der Waals surface area contributed by atoms with Crippen LogP contribution in [-0.2, 0) is 142 Å². The number of fused-ring (bicyclic) bond motifs is 18. The van der Waals surface area contributed by atoms with Crippen LogP contribution in [0.25, 0.3) is 22.3 Å². The Morgan fingerprint density at radius 2 is 0.566 bits per heavy atom. The van der Waals surface area contributed by atoms with Gasteiger partial charge in [0.1, 0.15) is 90.1 Å². The second-order valence-corrected chi connectivity index (χ2v) is 46.4. The van der Waals surface area contributed by atoms with Gasteiger partial charge in [0, 0.05) is 34.8 Å². The smallest absolute Gasteiger partial charge is 0.475 e. The van der Waals surface area contributed by atoms with Crippen LogP contribution in [0.2, 0.25) is 0 Å². The first-order chi connectivity index (χ1) is 65.0. The molecular weight excluding hydrogens is 1870 g/mol. The van der Waals surface area contributed by atoms with Crippen molar-refractivity contribution in [1.29, 1.82) is 0 Å². The van der Waals surface area contributed by atoms with Crippen LogP contribution in [0, 0.1) is 35.5 Å². The van der Waals surface area contributed by atoms with Crippen LogP contribution in [-0.4, -0.2) is 160 Å². The number of methoxy groups -OCH3 is 1. The lowest BCUT2D eigenvalue weighted by molar-refractivity contribution is -0.150. The predicted molar refractivity (Wildman–Crippen MR) is 498 cm³/mol. The maximum Gasteiger partial charge on any atom is 0.475 e. The Morgan fingerprint density at radius 3 is 0.934 bits per heavy atom. The highest BCUT2D eigenvalue weighted by molar-refractivity contribution is 7.50. The van der Waals surface area contributed by atoms with Crippen LogP contribution in [0.15, 0.2) is 261 Å². The van der Waals surface area contributed by atoms with Gasteiger partial charge < -0.3 is 14.2 Å². The molecule has 18 fully saturated rings. The van der Waals surface area contributed by atoms with Gasteiger partial charge in [-0.05, 0) is 112 Å². The first-order valence-corrected chi connectivity index (χ1v) is 52.8. The van der Waals surface area contributed by atoms with Crippen molar-refractivity contribution in [2.75, 3.05) is 126 Å². The zero-order valence-corrected chi connectivity index (χ0v) is 81.2. The molecule has 10 aromatic carbocycles. The molecular formula is C99H104O31P6. The fourth-order valence-corrected chi connectivity index (χ4v) is 25.1. The number of benzene rings is 10. The highest BCUT2D eigenvalue weighted by Crippen LogP contribution is 2.65. The normalized spacial score (nSPS) is 30.0. The molecule has 28 rings (SSSR count). The van der Waals surface area contributed by atoms with Gasteiger partial charge in [0.2, 0.25) is 0 Å². The summed E-state index contributed by atoms with van der Waals surface area (Å²) in [7, 11) is -18.6. The Labute approximate surface area is 787 Å². The number of rotatable bonds is 21. The van der Waals surface area contributed by atoms with Crippen LogP contribution < -0.4 is 14.2 Å². The first kappa shape index (κ1) is 98.5. The van der Waals surface area contributed by atoms with Crippen molar-refractivity contribution < 1.29 is 142 Å². The standard InChI is InChI=1S/C20H21O5P.C19H21O5P.C18H17O5P.C17H17O5P.C13H15O6P.C12H13O5P/c1-19(2,16-8-4-3-5-9-16)17-10-6-7-15(11-17)18(21)20-12-23-26(22,24-13-20)25-14-20;1-18(2,15-7-4-3-5-8-15)16-9-6-10-17(11-16)24-19-12-21-25(20,22-13-19)23-14-19;1-13-3-2-4-16(9-13)14-5-7-15(8-6-14)17(19)18-10-21-24(20,22-11-18)23-12-18;1-13-3-2-4-15(9-13)14-5-7-16(8-6-14)22-17-10-19-23(18,20-11-17)21-12-17;1-16-11-4-2-10(3-5-11)6-12(14)13-7-17-20(15,18-8-13)19-9-13;13-11(6-10-4-2-1-3-5-10)12-7-15-18(14,16-8-12)17-9-12/h3-11H,12-14H2,1-2H3;3-11H,12-14H2,1-2H3;2-9H,10-12H2,1H3;2-9H,10-12H2,1H3;2-5H,6-9H2,1H3;1-5H,6-9H2. The van der Waals surface area contributed by atoms with Gasteiger partial charge in [-0.15, -0.1) is 0 Å². The average molecular weight is 1980 g/mol. The number of carbonyl (C=O) groups is 4. The summed E-state index contributed by atoms with van der Waals surface area (Å²) in [5, 5.41) is 0. The molecule has 0 spiro atoms. The van der Waals surface area contributed by atoms with Crippen LogP contribution >= 0.6 is 46.9 Å². The van der Waals surface area contributed by atoms with Gasteiger partial charge in [0.25, 0.3) is 0 Å². The summed E-state index contributed by atoms with van der Waals surface area (Å²) in [4.78, 5) is 50.8. The van der Waals surface area contributed by atoms with Gasteiger partial charge in [-0.1, -0.05) is 257 Å². The van der Waals surface area contributed by atoms with Crippen molar-refractivity contribution >= 4 is 70.1 Å². The molecule has 10 aromatic rings. The molecule has 136 heavy (non-hydrogen) atoms. The Balaban J connectivity index is 0.000000114. The molecule has 0 aromatic heterocycles. The molecule has 0 N–H and O–H groups in total. The maximum absolute atomic E-state index is 13.2.